The fourth-order valence-corrected chi connectivity index (χ4v) is 2.55. The highest BCUT2D eigenvalue weighted by Crippen LogP contribution is 2.34. The number of hydrogen-bond donors (Lipinski definition) is 4. The molecule has 0 spiro atoms. The Labute approximate surface area is 140 Å². The molecule has 0 saturated heterocycles. The molecule has 25 heavy (non-hydrogen) atoms. The minimum atomic E-state index is -1.68. The van der Waals surface area contributed by atoms with Gasteiger partial charge in [0.2, 0.25) is 0 Å². The average Bonchev–Trinajstić information content (AvgIpc) is 2.52. The third-order valence-corrected chi connectivity index (χ3v) is 3.52. The van der Waals surface area contributed by atoms with Crippen LogP contribution in [-0.4, -0.2) is 44.3 Å². The van der Waals surface area contributed by atoms with Gasteiger partial charge < -0.3 is 20.4 Å². The second kappa shape index (κ2) is 6.44. The first kappa shape index (κ1) is 17.7. The number of aryl methyl sites for hydroxylation is 1. The lowest BCUT2D eigenvalue weighted by molar-refractivity contribution is 0.0638. The van der Waals surface area contributed by atoms with Gasteiger partial charge in [0.15, 0.2) is 0 Å². The number of rotatable bonds is 5. The molecule has 0 aromatic heterocycles. The van der Waals surface area contributed by atoms with Gasteiger partial charge in [-0.15, -0.1) is 0 Å². The van der Waals surface area contributed by atoms with Crippen LogP contribution in [0.2, 0.25) is 0 Å². The van der Waals surface area contributed by atoms with Gasteiger partial charge in [0.1, 0.15) is 0 Å². The summed E-state index contributed by atoms with van der Waals surface area (Å²) in [6.45, 7) is 1.67. The summed E-state index contributed by atoms with van der Waals surface area (Å²) in [5.41, 5.74) is -2.86. The summed E-state index contributed by atoms with van der Waals surface area (Å²) in [4.78, 5) is 46.2. The van der Waals surface area contributed by atoms with Crippen LogP contribution in [0.25, 0.3) is 11.1 Å². The Balaban J connectivity index is 3.13. The lowest BCUT2D eigenvalue weighted by atomic mass is 9.86. The summed E-state index contributed by atoms with van der Waals surface area (Å²) in [7, 11) is 0. The molecule has 0 fully saturated rings. The van der Waals surface area contributed by atoms with E-state index in [1.807, 2.05) is 0 Å². The van der Waals surface area contributed by atoms with Crippen LogP contribution in [0.4, 0.5) is 0 Å². The Morgan fingerprint density at radius 1 is 0.720 bits per heavy atom. The van der Waals surface area contributed by atoms with Crippen molar-refractivity contribution in [1.29, 1.82) is 0 Å². The Morgan fingerprint density at radius 2 is 1.20 bits per heavy atom. The Bertz CT molecular complexity index is 876. The van der Waals surface area contributed by atoms with Crippen molar-refractivity contribution in [2.45, 2.75) is 6.92 Å². The number of benzene rings is 2. The first-order valence-electron chi connectivity index (χ1n) is 6.86. The molecule has 0 bridgehead atoms. The van der Waals surface area contributed by atoms with E-state index in [1.165, 1.54) is 18.2 Å². The van der Waals surface area contributed by atoms with Crippen molar-refractivity contribution in [1.82, 2.24) is 0 Å². The maximum atomic E-state index is 11.7. The number of hydrogen-bond acceptors (Lipinski definition) is 4. The van der Waals surface area contributed by atoms with E-state index in [4.69, 9.17) is 0 Å². The number of carbonyl (C=O) groups is 4. The highest BCUT2D eigenvalue weighted by atomic mass is 16.4. The van der Waals surface area contributed by atoms with Crippen molar-refractivity contribution < 1.29 is 39.6 Å². The maximum Gasteiger partial charge on any atom is 0.337 e. The highest BCUT2D eigenvalue weighted by molar-refractivity contribution is 6.15. The molecule has 2 aromatic rings. The van der Waals surface area contributed by atoms with Gasteiger partial charge >= 0.3 is 23.9 Å². The molecule has 0 atom stereocenters. The van der Waals surface area contributed by atoms with Crippen molar-refractivity contribution in [2.75, 3.05) is 0 Å². The van der Waals surface area contributed by atoms with Crippen LogP contribution in [0.5, 0.6) is 0 Å². The van der Waals surface area contributed by atoms with Gasteiger partial charge in [-0.1, -0.05) is 29.8 Å². The van der Waals surface area contributed by atoms with Crippen molar-refractivity contribution in [3.63, 3.8) is 0 Å². The molecule has 0 radical (unpaired) electrons. The minimum absolute atomic E-state index is 0.0976. The van der Waals surface area contributed by atoms with Gasteiger partial charge in [0.05, 0.1) is 22.3 Å². The van der Waals surface area contributed by atoms with E-state index in [2.05, 4.69) is 0 Å². The van der Waals surface area contributed by atoms with E-state index in [0.717, 1.165) is 0 Å². The second-order valence-electron chi connectivity index (χ2n) is 5.19. The maximum absolute atomic E-state index is 11.7. The molecule has 0 heterocycles. The molecule has 8 nitrogen and oxygen atoms in total. The molecule has 0 saturated carbocycles. The average molecular weight is 344 g/mol. The summed E-state index contributed by atoms with van der Waals surface area (Å²) < 4.78 is 0. The van der Waals surface area contributed by atoms with Crippen LogP contribution in [-0.2, 0) is 0 Å². The van der Waals surface area contributed by atoms with E-state index in [-0.39, 0.29) is 5.56 Å². The Kier molecular flexibility index (Phi) is 4.55. The number of carboxylic acids is 4. The first-order chi connectivity index (χ1) is 11.6. The molecule has 2 rings (SSSR count). The van der Waals surface area contributed by atoms with Crippen LogP contribution in [0, 0.1) is 6.92 Å². The monoisotopic (exact) mass is 344 g/mol. The van der Waals surface area contributed by atoms with E-state index in [9.17, 15) is 39.6 Å². The lowest BCUT2D eigenvalue weighted by Crippen LogP contribution is -2.18. The zero-order valence-corrected chi connectivity index (χ0v) is 12.8. The van der Waals surface area contributed by atoms with Crippen molar-refractivity contribution in [3.8, 4) is 11.1 Å². The summed E-state index contributed by atoms with van der Waals surface area (Å²) in [5, 5.41) is 37.5. The molecule has 4 N–H and O–H groups in total. The molecular formula is C17H12O8. The van der Waals surface area contributed by atoms with Crippen molar-refractivity contribution in [3.05, 3.63) is 58.1 Å². The van der Waals surface area contributed by atoms with E-state index in [0.29, 0.717) is 11.6 Å². The molecule has 0 amide bonds. The number of carboxylic acid groups (broad SMARTS) is 4. The molecule has 0 aliphatic heterocycles. The predicted molar refractivity (Wildman–Crippen MR) is 84.5 cm³/mol. The quantitative estimate of drug-likeness (QED) is 0.646. The Morgan fingerprint density at radius 3 is 1.56 bits per heavy atom. The van der Waals surface area contributed by atoms with Crippen LogP contribution < -0.4 is 0 Å². The van der Waals surface area contributed by atoms with Crippen LogP contribution in [0.1, 0.15) is 47.0 Å². The van der Waals surface area contributed by atoms with Crippen LogP contribution in [0.3, 0.4) is 0 Å². The summed E-state index contributed by atoms with van der Waals surface area (Å²) in [6, 6.07) is 6.58. The zero-order valence-electron chi connectivity index (χ0n) is 12.8. The third-order valence-electron chi connectivity index (χ3n) is 3.52. The number of aromatic carboxylic acids is 4. The molecule has 2 aromatic carbocycles. The normalized spacial score (nSPS) is 10.3. The van der Waals surface area contributed by atoms with Crippen molar-refractivity contribution in [2.24, 2.45) is 0 Å². The smallest absolute Gasteiger partial charge is 0.337 e. The van der Waals surface area contributed by atoms with Gasteiger partial charge in [-0.05, 0) is 18.6 Å². The minimum Gasteiger partial charge on any atom is -0.478 e. The topological polar surface area (TPSA) is 149 Å². The van der Waals surface area contributed by atoms with Crippen LogP contribution in [0.15, 0.2) is 30.3 Å². The molecule has 128 valence electrons. The molecular weight excluding hydrogens is 332 g/mol. The van der Waals surface area contributed by atoms with Gasteiger partial charge in [0, 0.05) is 5.56 Å². The fourth-order valence-electron chi connectivity index (χ4n) is 2.55. The SMILES string of the molecule is Cc1cccc(-c2c(C(=O)O)c(C(=O)O)cc(C(=O)O)c2C(=O)O)c1. The van der Waals surface area contributed by atoms with Gasteiger partial charge in [0.25, 0.3) is 0 Å². The molecule has 0 aliphatic carbocycles. The van der Waals surface area contributed by atoms with Crippen LogP contribution >= 0.6 is 0 Å². The highest BCUT2D eigenvalue weighted by Gasteiger charge is 2.31. The molecule has 0 aliphatic rings. The zero-order chi connectivity index (χ0) is 18.9. The Hall–Kier alpha value is -3.68. The second-order valence-corrected chi connectivity index (χ2v) is 5.19. The van der Waals surface area contributed by atoms with E-state index in [1.54, 1.807) is 13.0 Å². The van der Waals surface area contributed by atoms with Gasteiger partial charge in [-0.2, -0.15) is 0 Å². The van der Waals surface area contributed by atoms with E-state index < -0.39 is 51.7 Å². The molecule has 8 heteroatoms. The third kappa shape index (κ3) is 3.18. The fraction of sp³-hybridized carbons (Fsp3) is 0.0588. The standard InChI is InChI=1S/C17H12O8/c1-7-3-2-4-8(5-7)11-12(16(22)23)9(14(18)19)6-10(15(20)21)13(11)17(24)25/h2-6H,1H3,(H,18,19)(H,20,21)(H,22,23)(H,24,25). The van der Waals surface area contributed by atoms with E-state index >= 15 is 0 Å². The lowest BCUT2D eigenvalue weighted by Gasteiger charge is -2.16. The molecule has 0 unspecified atom stereocenters. The predicted octanol–water partition coefficient (Wildman–Crippen LogP) is 2.45. The summed E-state index contributed by atoms with van der Waals surface area (Å²) in [6.07, 6.45) is 0. The first-order valence-corrected chi connectivity index (χ1v) is 6.86. The van der Waals surface area contributed by atoms with Gasteiger partial charge in [-0.3, -0.25) is 0 Å². The summed E-state index contributed by atoms with van der Waals surface area (Å²) in [5.74, 6) is -6.70. The van der Waals surface area contributed by atoms with Gasteiger partial charge in [-0.25, -0.2) is 19.2 Å². The largest absolute Gasteiger partial charge is 0.478 e. The summed E-state index contributed by atoms with van der Waals surface area (Å²) >= 11 is 0. The van der Waals surface area contributed by atoms with Crippen molar-refractivity contribution >= 4 is 23.9 Å².